The summed E-state index contributed by atoms with van der Waals surface area (Å²) in [7, 11) is 1.59. The zero-order chi connectivity index (χ0) is 18.8. The van der Waals surface area contributed by atoms with E-state index in [4.69, 9.17) is 9.57 Å². The lowest BCUT2D eigenvalue weighted by Crippen LogP contribution is -2.43. The lowest BCUT2D eigenvalue weighted by Gasteiger charge is -2.07. The van der Waals surface area contributed by atoms with Crippen LogP contribution in [0.3, 0.4) is 0 Å². The first-order valence-electron chi connectivity index (χ1n) is 8.10. The number of nitrogens with zero attached hydrogens (tertiary/aromatic N) is 1. The summed E-state index contributed by atoms with van der Waals surface area (Å²) in [5.74, 6) is -0.180. The maximum Gasteiger partial charge on any atom is 0.279 e. The van der Waals surface area contributed by atoms with Gasteiger partial charge in [-0.25, -0.2) is 0 Å². The van der Waals surface area contributed by atoms with Crippen molar-refractivity contribution >= 4 is 18.0 Å². The minimum Gasteiger partial charge on any atom is -0.497 e. The van der Waals surface area contributed by atoms with Crippen LogP contribution in [0.5, 0.6) is 5.75 Å². The van der Waals surface area contributed by atoms with Gasteiger partial charge in [0.1, 0.15) is 5.75 Å². The minimum absolute atomic E-state index is 0.318. The summed E-state index contributed by atoms with van der Waals surface area (Å²) in [6, 6.07) is 14.3. The molecule has 0 aliphatic carbocycles. The van der Waals surface area contributed by atoms with E-state index in [1.165, 1.54) is 6.21 Å². The second-order valence-corrected chi connectivity index (χ2v) is 5.33. The summed E-state index contributed by atoms with van der Waals surface area (Å²) in [4.78, 5) is 28.4. The van der Waals surface area contributed by atoms with Crippen LogP contribution in [0.25, 0.3) is 0 Å². The van der Waals surface area contributed by atoms with Crippen LogP contribution in [0.2, 0.25) is 0 Å². The molecule has 0 fully saturated rings. The molecule has 0 saturated heterocycles. The van der Waals surface area contributed by atoms with E-state index in [2.05, 4.69) is 16.0 Å². The topological polar surface area (TPSA) is 89.0 Å². The molecule has 0 aliphatic heterocycles. The van der Waals surface area contributed by atoms with Gasteiger partial charge in [-0.15, -0.1) is 0 Å². The Morgan fingerprint density at radius 3 is 2.35 bits per heavy atom. The second-order valence-electron chi connectivity index (χ2n) is 5.33. The van der Waals surface area contributed by atoms with Crippen molar-refractivity contribution in [1.29, 1.82) is 0 Å². The fourth-order valence-corrected chi connectivity index (χ4v) is 2.01. The predicted octanol–water partition coefficient (Wildman–Crippen LogP) is 2.07. The monoisotopic (exact) mass is 355 g/mol. The Morgan fingerprint density at radius 1 is 1.04 bits per heavy atom. The Morgan fingerprint density at radius 2 is 1.73 bits per heavy atom. The number of aryl methyl sites for hydroxylation is 1. The van der Waals surface area contributed by atoms with Gasteiger partial charge in [-0.05, 0) is 53.9 Å². The molecule has 0 saturated carbocycles. The molecule has 0 unspecified atom stereocenters. The molecule has 7 heteroatoms. The highest BCUT2D eigenvalue weighted by Crippen LogP contribution is 2.09. The van der Waals surface area contributed by atoms with Crippen LogP contribution >= 0.6 is 0 Å². The van der Waals surface area contributed by atoms with Crippen LogP contribution < -0.4 is 15.6 Å². The fraction of sp³-hybridized carbons (Fsp3) is 0.211. The zero-order valence-corrected chi connectivity index (χ0v) is 14.7. The standard InChI is InChI=1S/C19H21N3O4/c1-3-14-4-8-16(9-5-14)19(24)22-21-18(23)13-26-20-12-15-6-10-17(25-2)11-7-15/h4-12H,3,13H2,1-2H3,(H,21,23)(H,22,24)/b20-12-. The SMILES string of the molecule is CCc1ccc(C(=O)NNC(=O)CO/N=C\c2ccc(OC)cc2)cc1. The van der Waals surface area contributed by atoms with Crippen molar-refractivity contribution < 1.29 is 19.2 Å². The van der Waals surface area contributed by atoms with E-state index in [9.17, 15) is 9.59 Å². The molecular formula is C19H21N3O4. The molecule has 0 aliphatic rings. The molecule has 0 heterocycles. The Balaban J connectivity index is 1.70. The number of methoxy groups -OCH3 is 1. The van der Waals surface area contributed by atoms with E-state index in [0.717, 1.165) is 23.3 Å². The number of amides is 2. The first-order valence-corrected chi connectivity index (χ1v) is 8.10. The third-order valence-electron chi connectivity index (χ3n) is 3.53. The molecule has 7 nitrogen and oxygen atoms in total. The van der Waals surface area contributed by atoms with E-state index >= 15 is 0 Å². The van der Waals surface area contributed by atoms with Crippen molar-refractivity contribution in [3.05, 3.63) is 65.2 Å². The summed E-state index contributed by atoms with van der Waals surface area (Å²) in [6.07, 6.45) is 2.37. The number of carbonyl (C=O) groups excluding carboxylic acids is 2. The first-order chi connectivity index (χ1) is 12.6. The number of carbonyl (C=O) groups is 2. The molecule has 0 bridgehead atoms. The number of hydrogen-bond donors (Lipinski definition) is 2. The van der Waals surface area contributed by atoms with Gasteiger partial charge in [0.15, 0.2) is 6.61 Å². The van der Waals surface area contributed by atoms with Gasteiger partial charge < -0.3 is 9.57 Å². The van der Waals surface area contributed by atoms with Crippen LogP contribution in [-0.4, -0.2) is 31.7 Å². The quantitative estimate of drug-likeness (QED) is 0.588. The van der Waals surface area contributed by atoms with Crippen LogP contribution in [0.1, 0.15) is 28.4 Å². The average Bonchev–Trinajstić information content (AvgIpc) is 2.70. The van der Waals surface area contributed by atoms with E-state index < -0.39 is 11.8 Å². The highest BCUT2D eigenvalue weighted by atomic mass is 16.6. The Bertz CT molecular complexity index is 755. The fourth-order valence-electron chi connectivity index (χ4n) is 2.01. The molecule has 0 aromatic heterocycles. The summed E-state index contributed by atoms with van der Waals surface area (Å²) in [5, 5.41) is 3.70. The minimum atomic E-state index is -0.518. The van der Waals surface area contributed by atoms with Gasteiger partial charge in [-0.3, -0.25) is 20.4 Å². The van der Waals surface area contributed by atoms with E-state index in [1.54, 1.807) is 43.5 Å². The third kappa shape index (κ3) is 5.94. The van der Waals surface area contributed by atoms with Crippen LogP contribution in [0, 0.1) is 0 Å². The van der Waals surface area contributed by atoms with Crippen molar-refractivity contribution in [1.82, 2.24) is 10.9 Å². The summed E-state index contributed by atoms with van der Waals surface area (Å²) in [5.41, 5.74) is 6.99. The Kier molecular flexibility index (Phi) is 7.17. The molecule has 136 valence electrons. The molecule has 26 heavy (non-hydrogen) atoms. The number of ether oxygens (including phenoxy) is 1. The second kappa shape index (κ2) is 9.83. The molecule has 0 atom stereocenters. The van der Waals surface area contributed by atoms with Gasteiger partial charge in [0, 0.05) is 5.56 Å². The largest absolute Gasteiger partial charge is 0.497 e. The molecule has 2 N–H and O–H groups in total. The van der Waals surface area contributed by atoms with Crippen molar-refractivity contribution in [2.45, 2.75) is 13.3 Å². The lowest BCUT2D eigenvalue weighted by atomic mass is 10.1. The normalized spacial score (nSPS) is 10.4. The average molecular weight is 355 g/mol. The molecule has 2 aromatic carbocycles. The first kappa shape index (κ1) is 19.0. The van der Waals surface area contributed by atoms with E-state index in [-0.39, 0.29) is 6.61 Å². The summed E-state index contributed by atoms with van der Waals surface area (Å²) < 4.78 is 5.05. The molecule has 0 radical (unpaired) electrons. The van der Waals surface area contributed by atoms with Crippen molar-refractivity contribution in [2.75, 3.05) is 13.7 Å². The summed E-state index contributed by atoms with van der Waals surface area (Å²) in [6.45, 7) is 1.72. The number of nitrogens with one attached hydrogen (secondary N) is 2. The lowest BCUT2D eigenvalue weighted by molar-refractivity contribution is -0.126. The predicted molar refractivity (Wildman–Crippen MR) is 98.0 cm³/mol. The van der Waals surface area contributed by atoms with Gasteiger partial charge in [-0.1, -0.05) is 24.2 Å². The van der Waals surface area contributed by atoms with Crippen molar-refractivity contribution in [3.63, 3.8) is 0 Å². The number of hydrazine groups is 1. The van der Waals surface area contributed by atoms with Crippen molar-refractivity contribution in [3.8, 4) is 5.75 Å². The number of rotatable bonds is 7. The van der Waals surface area contributed by atoms with Crippen LogP contribution in [0.4, 0.5) is 0 Å². The zero-order valence-electron chi connectivity index (χ0n) is 14.7. The van der Waals surface area contributed by atoms with Gasteiger partial charge in [0.2, 0.25) is 0 Å². The van der Waals surface area contributed by atoms with E-state index in [1.807, 2.05) is 19.1 Å². The van der Waals surface area contributed by atoms with Crippen LogP contribution in [0.15, 0.2) is 53.7 Å². The molecule has 2 rings (SSSR count). The van der Waals surface area contributed by atoms with Gasteiger partial charge in [-0.2, -0.15) is 0 Å². The number of benzene rings is 2. The Hall–Kier alpha value is -3.35. The highest BCUT2D eigenvalue weighted by molar-refractivity contribution is 5.95. The molecular weight excluding hydrogens is 334 g/mol. The van der Waals surface area contributed by atoms with Gasteiger partial charge >= 0.3 is 0 Å². The maximum atomic E-state index is 11.9. The smallest absolute Gasteiger partial charge is 0.279 e. The maximum absolute atomic E-state index is 11.9. The number of oxime groups is 1. The molecule has 2 amide bonds. The Labute approximate surface area is 152 Å². The van der Waals surface area contributed by atoms with E-state index in [0.29, 0.717) is 5.56 Å². The third-order valence-corrected chi connectivity index (χ3v) is 3.53. The number of hydrogen-bond acceptors (Lipinski definition) is 5. The highest BCUT2D eigenvalue weighted by Gasteiger charge is 2.07. The van der Waals surface area contributed by atoms with Gasteiger partial charge in [0.25, 0.3) is 11.8 Å². The van der Waals surface area contributed by atoms with Crippen molar-refractivity contribution in [2.24, 2.45) is 5.16 Å². The molecule has 0 spiro atoms. The summed E-state index contributed by atoms with van der Waals surface area (Å²) >= 11 is 0. The van der Waals surface area contributed by atoms with Gasteiger partial charge in [0.05, 0.1) is 13.3 Å². The molecule has 2 aromatic rings. The van der Waals surface area contributed by atoms with Crippen LogP contribution in [-0.2, 0) is 16.1 Å².